The summed E-state index contributed by atoms with van der Waals surface area (Å²) in [5.74, 6) is 0. The molecule has 0 aromatic heterocycles. The van der Waals surface area contributed by atoms with Gasteiger partial charge in [0.15, 0.2) is 0 Å². The van der Waals surface area contributed by atoms with E-state index < -0.39 is 0 Å². The van der Waals surface area contributed by atoms with Crippen LogP contribution in [0.2, 0.25) is 0 Å². The fourth-order valence-corrected chi connectivity index (χ4v) is 0. The van der Waals surface area contributed by atoms with Crippen molar-refractivity contribution in [2.45, 2.75) is 0 Å². The molecule has 0 N–H and O–H groups in total. The van der Waals surface area contributed by atoms with Crippen molar-refractivity contribution < 1.29 is 17.1 Å². The Morgan fingerprint density at radius 2 is 1.00 bits per heavy atom. The van der Waals surface area contributed by atoms with Crippen molar-refractivity contribution in [1.82, 2.24) is 0 Å². The van der Waals surface area contributed by atoms with Gasteiger partial charge >= 0.3 is 0 Å². The second-order valence-corrected chi connectivity index (χ2v) is 0. The van der Waals surface area contributed by atoms with Crippen LogP contribution in [-0.2, 0) is 17.1 Å². The van der Waals surface area contributed by atoms with Gasteiger partial charge in [0.25, 0.3) is 0 Å². The largest absolute Gasteiger partial charge is 0 e. The maximum Gasteiger partial charge on any atom is 0 e. The van der Waals surface area contributed by atoms with Crippen molar-refractivity contribution >= 4 is 38.2 Å². The molecule has 0 heterocycles. The minimum absolute atomic E-state index is 0. The third-order valence-corrected chi connectivity index (χ3v) is 0. The van der Waals surface area contributed by atoms with Gasteiger partial charge < -0.3 is 0 Å². The van der Waals surface area contributed by atoms with E-state index in [2.05, 4.69) is 0 Å². The molecule has 0 unspecified atom stereocenters. The van der Waals surface area contributed by atoms with Crippen molar-refractivity contribution in [2.75, 3.05) is 0 Å². The Morgan fingerprint density at radius 1 is 1.00 bits per heavy atom. The smallest absolute Gasteiger partial charge is 0 e. The number of rotatable bonds is 0. The minimum atomic E-state index is 0. The topological polar surface area (TPSA) is 0 Å². The van der Waals surface area contributed by atoms with Gasteiger partial charge in [0, 0.05) is 55.3 Å². The molecule has 0 aromatic carbocycles. The molecule has 0 saturated heterocycles. The van der Waals surface area contributed by atoms with Crippen molar-refractivity contribution in [1.29, 1.82) is 0 Å². The molecule has 0 atom stereocenters. The molecular weight excluding hydrogens is 142 g/mol. The van der Waals surface area contributed by atoms with E-state index >= 15 is 0 Å². The Kier molecular flexibility index (Phi) is 243. The zero-order valence-corrected chi connectivity index (χ0v) is 6.03. The summed E-state index contributed by atoms with van der Waals surface area (Å²) in [6.07, 6.45) is 0. The van der Waals surface area contributed by atoms with Gasteiger partial charge in [-0.1, -0.05) is 0 Å². The monoisotopic (exact) mass is 142 g/mol. The van der Waals surface area contributed by atoms with Gasteiger partial charge in [-0.25, -0.2) is 0 Å². The predicted octanol–water partition coefficient (Wildman–Crippen LogP) is 0.0971. The second-order valence-electron chi connectivity index (χ2n) is 0. The third kappa shape index (κ3) is 9.34. The van der Waals surface area contributed by atoms with E-state index in [4.69, 9.17) is 0 Å². The van der Waals surface area contributed by atoms with E-state index in [1.807, 2.05) is 0 Å². The first-order valence-corrected chi connectivity index (χ1v) is 0. The van der Waals surface area contributed by atoms with Gasteiger partial charge in [0.05, 0.1) is 0 Å². The van der Waals surface area contributed by atoms with Crippen LogP contribution in [0.1, 0.15) is 0 Å². The van der Waals surface area contributed by atoms with E-state index in [-0.39, 0.29) is 55.3 Å². The van der Waals surface area contributed by atoms with Crippen LogP contribution < -0.4 is 0 Å². The van der Waals surface area contributed by atoms with Gasteiger partial charge in [-0.15, -0.1) is 0 Å². The molecule has 4 heteroatoms. The number of hydrogen-bond acceptors (Lipinski definition) is 0. The summed E-state index contributed by atoms with van der Waals surface area (Å²) in [5.41, 5.74) is 0. The van der Waals surface area contributed by atoms with Crippen LogP contribution in [0.25, 0.3) is 0 Å². The van der Waals surface area contributed by atoms with E-state index in [1.165, 1.54) is 0 Å². The maximum absolute atomic E-state index is 0. The molecule has 0 nitrogen and oxygen atoms in total. The zero-order chi connectivity index (χ0) is 0. The molecule has 0 amide bonds. The van der Waals surface area contributed by atoms with Crippen LogP contribution in [0.4, 0.5) is 0 Å². The first-order chi connectivity index (χ1) is 0. The van der Waals surface area contributed by atoms with Gasteiger partial charge in [-0.3, -0.25) is 0 Å². The molecule has 0 aliphatic heterocycles. The summed E-state index contributed by atoms with van der Waals surface area (Å²) >= 11 is 0. The molecule has 4 heavy (non-hydrogen) atoms. The summed E-state index contributed by atoms with van der Waals surface area (Å²) in [6, 6.07) is 0. The molecule has 0 fully saturated rings. The van der Waals surface area contributed by atoms with E-state index in [0.717, 1.165) is 0 Å². The molecule has 0 aliphatic carbocycles. The first-order valence-electron chi connectivity index (χ1n) is 0. The maximum atomic E-state index is 0. The number of hydrogen-bond donors (Lipinski definition) is 0. The van der Waals surface area contributed by atoms with Crippen molar-refractivity contribution in [2.24, 2.45) is 0 Å². The average molecular weight is 142 g/mol. The summed E-state index contributed by atoms with van der Waals surface area (Å²) in [7, 11) is 0. The standard InChI is InChI=1S/Al.Fe.P.Si. The zero-order valence-electron chi connectivity index (χ0n) is 1.88. The van der Waals surface area contributed by atoms with Crippen molar-refractivity contribution in [3.8, 4) is 0 Å². The fourth-order valence-electron chi connectivity index (χ4n) is 0. The molecular formula is AlFePSi. The molecule has 0 saturated carbocycles. The Labute approximate surface area is 55.4 Å². The van der Waals surface area contributed by atoms with Crippen LogP contribution in [-0.4, -0.2) is 28.3 Å². The Balaban J connectivity index is 0. The Morgan fingerprint density at radius 3 is 1.00 bits per heavy atom. The van der Waals surface area contributed by atoms with Crippen LogP contribution in [0.5, 0.6) is 0 Å². The molecule has 10 radical (unpaired) electrons. The van der Waals surface area contributed by atoms with Crippen molar-refractivity contribution in [3.05, 3.63) is 0 Å². The van der Waals surface area contributed by atoms with Crippen LogP contribution in [0.15, 0.2) is 0 Å². The SMILES string of the molecule is [Al].[Fe].[P].[Si]. The first kappa shape index (κ1) is 43.6. The Hall–Kier alpha value is 1.70. The molecule has 0 aromatic rings. The molecule has 0 rings (SSSR count). The summed E-state index contributed by atoms with van der Waals surface area (Å²) in [4.78, 5) is 0. The molecule has 20 valence electrons. The molecule has 0 spiro atoms. The average Bonchev–Trinajstić information content (AvgIpc) is 0. The van der Waals surface area contributed by atoms with Crippen LogP contribution in [0, 0.1) is 0 Å². The third-order valence-electron chi connectivity index (χ3n) is 0. The van der Waals surface area contributed by atoms with E-state index in [9.17, 15) is 0 Å². The molecule has 0 bridgehead atoms. The second kappa shape index (κ2) is 22.3. The summed E-state index contributed by atoms with van der Waals surface area (Å²) in [5, 5.41) is 0. The van der Waals surface area contributed by atoms with Crippen LogP contribution in [0.3, 0.4) is 0 Å². The van der Waals surface area contributed by atoms with E-state index in [1.54, 1.807) is 0 Å². The summed E-state index contributed by atoms with van der Waals surface area (Å²) in [6.45, 7) is 0. The molecule has 0 aliphatic rings. The van der Waals surface area contributed by atoms with Gasteiger partial charge in [-0.2, -0.15) is 0 Å². The van der Waals surface area contributed by atoms with Crippen molar-refractivity contribution in [3.63, 3.8) is 0 Å². The van der Waals surface area contributed by atoms with Gasteiger partial charge in [0.2, 0.25) is 0 Å². The quantitative estimate of drug-likeness (QED) is 0.332. The summed E-state index contributed by atoms with van der Waals surface area (Å²) < 4.78 is 0. The fraction of sp³-hybridized carbons (Fsp3) is 0. The van der Waals surface area contributed by atoms with E-state index in [0.29, 0.717) is 0 Å². The predicted molar refractivity (Wildman–Crippen MR) is 18.4 cm³/mol. The van der Waals surface area contributed by atoms with Gasteiger partial charge in [0.1, 0.15) is 0 Å². The Bertz CT molecular complexity index is 8.00. The van der Waals surface area contributed by atoms with Gasteiger partial charge in [-0.05, 0) is 0 Å². The normalized spacial score (nSPS) is 0. The minimum Gasteiger partial charge on any atom is 0 e. The van der Waals surface area contributed by atoms with Crippen LogP contribution >= 0.6 is 9.90 Å².